The van der Waals surface area contributed by atoms with Gasteiger partial charge >= 0.3 is 0 Å². The molecule has 2 N–H and O–H groups in total. The van der Waals surface area contributed by atoms with Gasteiger partial charge in [0, 0.05) is 0 Å². The molecule has 1 aliphatic rings. The molecule has 2 aromatic rings. The van der Waals surface area contributed by atoms with E-state index in [1.165, 1.54) is 19.3 Å². The maximum absolute atomic E-state index is 5.97. The van der Waals surface area contributed by atoms with Gasteiger partial charge in [0.15, 0.2) is 11.5 Å². The summed E-state index contributed by atoms with van der Waals surface area (Å²) < 4.78 is 15.8. The van der Waals surface area contributed by atoms with E-state index in [1.807, 2.05) is 18.2 Å². The minimum atomic E-state index is 0.358. The van der Waals surface area contributed by atoms with E-state index in [9.17, 15) is 0 Å². The molecule has 1 fully saturated rings. The number of benzene rings is 1. The van der Waals surface area contributed by atoms with E-state index < -0.39 is 0 Å². The highest BCUT2D eigenvalue weighted by atomic mass is 16.5. The number of nitrogen functional groups attached to an aromatic ring is 1. The van der Waals surface area contributed by atoms with Crippen molar-refractivity contribution in [2.24, 2.45) is 5.92 Å². The molecule has 0 saturated heterocycles. The first-order valence-electron chi connectivity index (χ1n) is 7.19. The molecule has 0 unspecified atom stereocenters. The number of nitrogens with two attached hydrogens (primary N) is 1. The molecule has 0 aliphatic heterocycles. The van der Waals surface area contributed by atoms with Gasteiger partial charge in [-0.05, 0) is 30.0 Å². The molecule has 112 valence electrons. The molecule has 1 aromatic heterocycles. The van der Waals surface area contributed by atoms with E-state index in [-0.39, 0.29) is 0 Å². The van der Waals surface area contributed by atoms with E-state index in [1.54, 1.807) is 14.2 Å². The van der Waals surface area contributed by atoms with Gasteiger partial charge in [-0.3, -0.25) is 0 Å². The quantitative estimate of drug-likeness (QED) is 0.914. The minimum Gasteiger partial charge on any atom is -0.493 e. The zero-order valence-corrected chi connectivity index (χ0v) is 12.4. The van der Waals surface area contributed by atoms with Gasteiger partial charge in [-0.25, -0.2) is 0 Å². The van der Waals surface area contributed by atoms with Crippen LogP contribution < -0.4 is 15.2 Å². The fourth-order valence-electron chi connectivity index (χ4n) is 2.75. The van der Waals surface area contributed by atoms with Crippen molar-refractivity contribution in [2.45, 2.75) is 25.7 Å². The van der Waals surface area contributed by atoms with E-state index in [0.29, 0.717) is 23.3 Å². The van der Waals surface area contributed by atoms with Crippen molar-refractivity contribution in [1.82, 2.24) is 5.16 Å². The maximum Gasteiger partial charge on any atom is 0.230 e. The lowest BCUT2D eigenvalue weighted by Gasteiger charge is -2.24. The second kappa shape index (κ2) is 5.68. The highest BCUT2D eigenvalue weighted by Crippen LogP contribution is 2.39. The molecule has 0 bridgehead atoms. The van der Waals surface area contributed by atoms with Crippen LogP contribution in [0.15, 0.2) is 22.7 Å². The van der Waals surface area contributed by atoms with Crippen LogP contribution >= 0.6 is 0 Å². The third kappa shape index (κ3) is 2.55. The summed E-state index contributed by atoms with van der Waals surface area (Å²) in [5.74, 6) is 2.42. The van der Waals surface area contributed by atoms with Crippen molar-refractivity contribution < 1.29 is 14.0 Å². The van der Waals surface area contributed by atoms with Gasteiger partial charge in [-0.1, -0.05) is 30.5 Å². The Morgan fingerprint density at radius 3 is 2.62 bits per heavy atom. The molecule has 3 rings (SSSR count). The van der Waals surface area contributed by atoms with Crippen LogP contribution in [0, 0.1) is 5.92 Å². The average Bonchev–Trinajstić information content (AvgIpc) is 2.83. The molecule has 5 nitrogen and oxygen atoms in total. The van der Waals surface area contributed by atoms with Gasteiger partial charge in [0.25, 0.3) is 0 Å². The summed E-state index contributed by atoms with van der Waals surface area (Å²) in [6, 6.07) is 5.73. The lowest BCUT2D eigenvalue weighted by Crippen LogP contribution is -2.14. The first kappa shape index (κ1) is 13.8. The van der Waals surface area contributed by atoms with Crippen molar-refractivity contribution in [2.75, 3.05) is 20.0 Å². The Balaban J connectivity index is 1.97. The molecule has 0 amide bonds. The standard InChI is InChI=1S/C16H20N2O3/c1-19-13-7-6-11(9-14(13)20-2)15-12(18-21-16(15)17)8-10-4-3-5-10/h6-7,9-10H,3-5,8,17H2,1-2H3. The van der Waals surface area contributed by atoms with Crippen LogP contribution in [-0.2, 0) is 6.42 Å². The molecule has 0 spiro atoms. The predicted molar refractivity (Wildman–Crippen MR) is 80.5 cm³/mol. The molecule has 1 heterocycles. The van der Waals surface area contributed by atoms with Crippen LogP contribution in [0.3, 0.4) is 0 Å². The highest BCUT2D eigenvalue weighted by molar-refractivity contribution is 5.77. The zero-order valence-electron chi connectivity index (χ0n) is 12.4. The summed E-state index contributed by atoms with van der Waals surface area (Å²) >= 11 is 0. The van der Waals surface area contributed by atoms with E-state index in [0.717, 1.165) is 23.2 Å². The van der Waals surface area contributed by atoms with Crippen LogP contribution in [0.1, 0.15) is 25.0 Å². The third-order valence-electron chi connectivity index (χ3n) is 4.17. The number of methoxy groups -OCH3 is 2. The number of anilines is 1. The van der Waals surface area contributed by atoms with Gasteiger partial charge in [0.05, 0.1) is 25.5 Å². The summed E-state index contributed by atoms with van der Waals surface area (Å²) in [5.41, 5.74) is 8.73. The highest BCUT2D eigenvalue weighted by Gasteiger charge is 2.24. The first-order chi connectivity index (χ1) is 10.2. The largest absolute Gasteiger partial charge is 0.493 e. The summed E-state index contributed by atoms with van der Waals surface area (Å²) in [6.45, 7) is 0. The van der Waals surface area contributed by atoms with Crippen LogP contribution in [0.25, 0.3) is 11.1 Å². The van der Waals surface area contributed by atoms with Gasteiger partial charge in [0.1, 0.15) is 0 Å². The van der Waals surface area contributed by atoms with Crippen molar-refractivity contribution in [1.29, 1.82) is 0 Å². The second-order valence-electron chi connectivity index (χ2n) is 5.44. The van der Waals surface area contributed by atoms with Crippen LogP contribution in [0.4, 0.5) is 5.88 Å². The lowest BCUT2D eigenvalue weighted by atomic mass is 9.81. The zero-order chi connectivity index (χ0) is 14.8. The first-order valence-corrected chi connectivity index (χ1v) is 7.19. The molecular formula is C16H20N2O3. The summed E-state index contributed by atoms with van der Waals surface area (Å²) in [6.07, 6.45) is 4.75. The van der Waals surface area contributed by atoms with E-state index >= 15 is 0 Å². The average molecular weight is 288 g/mol. The molecular weight excluding hydrogens is 268 g/mol. The topological polar surface area (TPSA) is 70.5 Å². The van der Waals surface area contributed by atoms with Gasteiger partial charge in [0.2, 0.25) is 5.88 Å². The Labute approximate surface area is 124 Å². The normalized spacial score (nSPS) is 14.8. The number of rotatable bonds is 5. The number of aromatic nitrogens is 1. The Morgan fingerprint density at radius 1 is 1.24 bits per heavy atom. The Hall–Kier alpha value is -2.17. The molecule has 1 aliphatic carbocycles. The maximum atomic E-state index is 5.97. The molecule has 21 heavy (non-hydrogen) atoms. The second-order valence-corrected chi connectivity index (χ2v) is 5.44. The molecule has 0 radical (unpaired) electrons. The smallest absolute Gasteiger partial charge is 0.230 e. The summed E-state index contributed by atoms with van der Waals surface area (Å²) in [5, 5.41) is 4.14. The van der Waals surface area contributed by atoms with E-state index in [4.69, 9.17) is 19.7 Å². The van der Waals surface area contributed by atoms with Crippen molar-refractivity contribution >= 4 is 5.88 Å². The fraction of sp³-hybridized carbons (Fsp3) is 0.438. The van der Waals surface area contributed by atoms with Gasteiger partial charge < -0.3 is 19.7 Å². The number of hydrogen-bond donors (Lipinski definition) is 1. The number of nitrogens with zero attached hydrogens (tertiary/aromatic N) is 1. The number of hydrogen-bond acceptors (Lipinski definition) is 5. The molecule has 1 aromatic carbocycles. The van der Waals surface area contributed by atoms with Crippen molar-refractivity contribution in [3.05, 3.63) is 23.9 Å². The summed E-state index contributed by atoms with van der Waals surface area (Å²) in [4.78, 5) is 0. The number of ether oxygens (including phenoxy) is 2. The van der Waals surface area contributed by atoms with E-state index in [2.05, 4.69) is 5.16 Å². The monoisotopic (exact) mass is 288 g/mol. The van der Waals surface area contributed by atoms with Crippen LogP contribution in [0.5, 0.6) is 11.5 Å². The molecule has 0 atom stereocenters. The summed E-state index contributed by atoms with van der Waals surface area (Å²) in [7, 11) is 3.24. The molecule has 5 heteroatoms. The minimum absolute atomic E-state index is 0.358. The Morgan fingerprint density at radius 2 is 2.00 bits per heavy atom. The predicted octanol–water partition coefficient (Wildman–Crippen LogP) is 3.28. The van der Waals surface area contributed by atoms with Gasteiger partial charge in [-0.15, -0.1) is 0 Å². The Kier molecular flexibility index (Phi) is 3.73. The molecule has 1 saturated carbocycles. The van der Waals surface area contributed by atoms with Crippen LogP contribution in [-0.4, -0.2) is 19.4 Å². The fourth-order valence-corrected chi connectivity index (χ4v) is 2.75. The SMILES string of the molecule is COc1ccc(-c2c(CC3CCC3)noc2N)cc1OC. The van der Waals surface area contributed by atoms with Crippen molar-refractivity contribution in [3.8, 4) is 22.6 Å². The Bertz CT molecular complexity index is 632. The van der Waals surface area contributed by atoms with Crippen molar-refractivity contribution in [3.63, 3.8) is 0 Å². The van der Waals surface area contributed by atoms with Crippen LogP contribution in [0.2, 0.25) is 0 Å². The lowest BCUT2D eigenvalue weighted by molar-refractivity contribution is 0.306. The third-order valence-corrected chi connectivity index (χ3v) is 4.17. The van der Waals surface area contributed by atoms with Gasteiger partial charge in [-0.2, -0.15) is 0 Å².